The van der Waals surface area contributed by atoms with Gasteiger partial charge in [0.2, 0.25) is 5.88 Å². The molecular formula is C15H21N5O3. The number of methoxy groups -OCH3 is 1. The summed E-state index contributed by atoms with van der Waals surface area (Å²) in [6.45, 7) is 2.43. The Kier molecular flexibility index (Phi) is 4.61. The monoisotopic (exact) mass is 319 g/mol. The largest absolute Gasteiger partial charge is 0.476 e. The first-order chi connectivity index (χ1) is 11.2. The number of pyridine rings is 1. The van der Waals surface area contributed by atoms with Gasteiger partial charge in [-0.3, -0.25) is 10.4 Å². The predicted octanol–water partition coefficient (Wildman–Crippen LogP) is 2.05. The first kappa shape index (κ1) is 15.5. The van der Waals surface area contributed by atoms with E-state index in [1.165, 1.54) is 0 Å². The fraction of sp³-hybridized carbons (Fsp3) is 0.533. The molecule has 2 aromatic heterocycles. The Hall–Kier alpha value is -2.35. The van der Waals surface area contributed by atoms with Gasteiger partial charge in [0, 0.05) is 19.4 Å². The molecule has 0 saturated heterocycles. The van der Waals surface area contributed by atoms with Crippen molar-refractivity contribution in [2.45, 2.75) is 38.3 Å². The van der Waals surface area contributed by atoms with Crippen LogP contribution in [-0.4, -0.2) is 47.1 Å². The maximum Gasteiger partial charge on any atom is 0.320 e. The SMILES string of the molecule is CCOc1n[nH]c2cc(NC(=O)N[C@@H]3CCC[C@H]3OC)ncc12. The molecule has 3 N–H and O–H groups in total. The van der Waals surface area contributed by atoms with Crippen molar-refractivity contribution in [3.63, 3.8) is 0 Å². The highest BCUT2D eigenvalue weighted by molar-refractivity contribution is 5.92. The Bertz CT molecular complexity index is 687. The van der Waals surface area contributed by atoms with Crippen LogP contribution >= 0.6 is 0 Å². The molecule has 0 spiro atoms. The molecular weight excluding hydrogens is 298 g/mol. The number of aromatic nitrogens is 3. The molecule has 1 aliphatic carbocycles. The topological polar surface area (TPSA) is 101 Å². The minimum Gasteiger partial charge on any atom is -0.476 e. The Balaban J connectivity index is 1.65. The molecule has 2 heterocycles. The number of H-pyrrole nitrogens is 1. The van der Waals surface area contributed by atoms with E-state index in [1.54, 1.807) is 19.4 Å². The van der Waals surface area contributed by atoms with E-state index in [-0.39, 0.29) is 18.2 Å². The summed E-state index contributed by atoms with van der Waals surface area (Å²) in [6, 6.07) is 1.49. The number of rotatable bonds is 5. The number of nitrogens with one attached hydrogen (secondary N) is 3. The normalized spacial score (nSPS) is 20.6. The van der Waals surface area contributed by atoms with Crippen LogP contribution in [0.15, 0.2) is 12.3 Å². The van der Waals surface area contributed by atoms with Crippen LogP contribution in [-0.2, 0) is 4.74 Å². The van der Waals surface area contributed by atoms with Crippen molar-refractivity contribution >= 4 is 22.8 Å². The smallest absolute Gasteiger partial charge is 0.320 e. The predicted molar refractivity (Wildman–Crippen MR) is 85.6 cm³/mol. The van der Waals surface area contributed by atoms with E-state index in [0.29, 0.717) is 18.3 Å². The van der Waals surface area contributed by atoms with Crippen LogP contribution in [0.3, 0.4) is 0 Å². The molecule has 0 unspecified atom stereocenters. The molecule has 1 fully saturated rings. The zero-order valence-electron chi connectivity index (χ0n) is 13.3. The Labute approximate surface area is 133 Å². The van der Waals surface area contributed by atoms with E-state index >= 15 is 0 Å². The van der Waals surface area contributed by atoms with E-state index in [0.717, 1.165) is 30.2 Å². The molecule has 2 atom stereocenters. The van der Waals surface area contributed by atoms with Gasteiger partial charge in [0.15, 0.2) is 0 Å². The van der Waals surface area contributed by atoms with E-state index in [9.17, 15) is 4.79 Å². The number of hydrogen-bond donors (Lipinski definition) is 3. The van der Waals surface area contributed by atoms with Gasteiger partial charge in [-0.25, -0.2) is 9.78 Å². The lowest BCUT2D eigenvalue weighted by Crippen LogP contribution is -2.43. The van der Waals surface area contributed by atoms with Gasteiger partial charge >= 0.3 is 6.03 Å². The lowest BCUT2D eigenvalue weighted by atomic mass is 10.2. The third kappa shape index (κ3) is 3.37. The number of hydrogen-bond acceptors (Lipinski definition) is 5. The highest BCUT2D eigenvalue weighted by atomic mass is 16.5. The summed E-state index contributed by atoms with van der Waals surface area (Å²) in [5, 5.41) is 13.4. The summed E-state index contributed by atoms with van der Waals surface area (Å²) in [7, 11) is 1.67. The van der Waals surface area contributed by atoms with E-state index in [2.05, 4.69) is 25.8 Å². The van der Waals surface area contributed by atoms with Gasteiger partial charge in [-0.05, 0) is 26.2 Å². The standard InChI is InChI=1S/C15H21N5O3/c1-3-23-14-9-8-16-13(7-11(9)19-20-14)18-15(21)17-10-5-4-6-12(10)22-2/h7-8,10,12H,3-6H2,1-2H3,(H,19,20)(H2,16,17,18,21)/t10-,12-/m1/s1. The van der Waals surface area contributed by atoms with Crippen LogP contribution in [0.2, 0.25) is 0 Å². The second-order valence-corrected chi connectivity index (χ2v) is 5.49. The quantitative estimate of drug-likeness (QED) is 0.783. The summed E-state index contributed by atoms with van der Waals surface area (Å²) < 4.78 is 10.8. The summed E-state index contributed by atoms with van der Waals surface area (Å²) in [5.74, 6) is 0.966. The minimum atomic E-state index is -0.282. The van der Waals surface area contributed by atoms with E-state index in [4.69, 9.17) is 9.47 Å². The molecule has 3 rings (SSSR count). The fourth-order valence-corrected chi connectivity index (χ4v) is 2.90. The second-order valence-electron chi connectivity index (χ2n) is 5.49. The van der Waals surface area contributed by atoms with Crippen LogP contribution < -0.4 is 15.4 Å². The lowest BCUT2D eigenvalue weighted by Gasteiger charge is -2.19. The van der Waals surface area contributed by atoms with Crippen LogP contribution in [0, 0.1) is 0 Å². The number of aromatic amines is 1. The zero-order chi connectivity index (χ0) is 16.2. The summed E-state index contributed by atoms with van der Waals surface area (Å²) in [4.78, 5) is 16.3. The highest BCUT2D eigenvalue weighted by Gasteiger charge is 2.28. The molecule has 23 heavy (non-hydrogen) atoms. The number of ether oxygens (including phenoxy) is 2. The van der Waals surface area contributed by atoms with E-state index < -0.39 is 0 Å². The molecule has 2 aromatic rings. The van der Waals surface area contributed by atoms with Gasteiger partial charge in [-0.2, -0.15) is 0 Å². The van der Waals surface area contributed by atoms with Crippen molar-refractivity contribution < 1.29 is 14.3 Å². The third-order valence-corrected chi connectivity index (χ3v) is 4.01. The number of fused-ring (bicyclic) bond motifs is 1. The number of urea groups is 1. The van der Waals surface area contributed by atoms with Crippen molar-refractivity contribution in [1.29, 1.82) is 0 Å². The molecule has 0 aromatic carbocycles. The second kappa shape index (κ2) is 6.82. The molecule has 0 aliphatic heterocycles. The third-order valence-electron chi connectivity index (χ3n) is 4.01. The number of carbonyl (C=O) groups excluding carboxylic acids is 1. The summed E-state index contributed by atoms with van der Waals surface area (Å²) in [6.07, 6.45) is 4.67. The Morgan fingerprint density at radius 3 is 3.13 bits per heavy atom. The fourth-order valence-electron chi connectivity index (χ4n) is 2.90. The number of amides is 2. The van der Waals surface area contributed by atoms with Crippen molar-refractivity contribution in [2.24, 2.45) is 0 Å². The molecule has 124 valence electrons. The average Bonchev–Trinajstić information content (AvgIpc) is 3.14. The van der Waals surface area contributed by atoms with Crippen molar-refractivity contribution in [1.82, 2.24) is 20.5 Å². The van der Waals surface area contributed by atoms with Crippen molar-refractivity contribution in [3.05, 3.63) is 12.3 Å². The van der Waals surface area contributed by atoms with Gasteiger partial charge in [0.05, 0.1) is 29.7 Å². The zero-order valence-corrected chi connectivity index (χ0v) is 13.3. The van der Waals surface area contributed by atoms with Crippen LogP contribution in [0.1, 0.15) is 26.2 Å². The van der Waals surface area contributed by atoms with Crippen LogP contribution in [0.4, 0.5) is 10.6 Å². The highest BCUT2D eigenvalue weighted by Crippen LogP contribution is 2.24. The maximum atomic E-state index is 12.1. The number of carbonyl (C=O) groups is 1. The Morgan fingerprint density at radius 1 is 1.48 bits per heavy atom. The number of nitrogens with zero attached hydrogens (tertiary/aromatic N) is 2. The van der Waals surface area contributed by atoms with Gasteiger partial charge in [0.25, 0.3) is 0 Å². The molecule has 2 amide bonds. The van der Waals surface area contributed by atoms with Gasteiger partial charge < -0.3 is 14.8 Å². The van der Waals surface area contributed by atoms with Crippen LogP contribution in [0.25, 0.3) is 10.9 Å². The van der Waals surface area contributed by atoms with E-state index in [1.807, 2.05) is 6.92 Å². The molecule has 1 aliphatic rings. The van der Waals surface area contributed by atoms with Crippen molar-refractivity contribution in [2.75, 3.05) is 19.0 Å². The molecule has 8 heteroatoms. The average molecular weight is 319 g/mol. The van der Waals surface area contributed by atoms with Crippen LogP contribution in [0.5, 0.6) is 5.88 Å². The minimum absolute atomic E-state index is 0.0421. The first-order valence-electron chi connectivity index (χ1n) is 7.78. The number of anilines is 1. The van der Waals surface area contributed by atoms with Gasteiger partial charge in [0.1, 0.15) is 5.82 Å². The molecule has 0 radical (unpaired) electrons. The first-order valence-corrected chi connectivity index (χ1v) is 7.78. The molecule has 1 saturated carbocycles. The molecule has 8 nitrogen and oxygen atoms in total. The molecule has 0 bridgehead atoms. The summed E-state index contributed by atoms with van der Waals surface area (Å²) >= 11 is 0. The maximum absolute atomic E-state index is 12.1. The Morgan fingerprint density at radius 2 is 2.35 bits per heavy atom. The summed E-state index contributed by atoms with van der Waals surface area (Å²) in [5.41, 5.74) is 0.759. The lowest BCUT2D eigenvalue weighted by molar-refractivity contribution is 0.0882. The van der Waals surface area contributed by atoms with Crippen molar-refractivity contribution in [3.8, 4) is 5.88 Å². The van der Waals surface area contributed by atoms with Gasteiger partial charge in [-0.1, -0.05) is 0 Å². The van der Waals surface area contributed by atoms with Gasteiger partial charge in [-0.15, -0.1) is 5.10 Å².